The van der Waals surface area contributed by atoms with E-state index in [1.54, 1.807) is 36.4 Å². The molecule has 1 heterocycles. The SMILES string of the molecule is CCOc1ccc(-n2c(C)nnc2S[C@H](C[N+](=O)[O-])c2ccc(OCc3ccc(Cl)cc3Cl)c(OCC)c2)cc1. The Bertz CT molecular complexity index is 1470. The summed E-state index contributed by atoms with van der Waals surface area (Å²) in [5.41, 5.74) is 2.29. The van der Waals surface area contributed by atoms with E-state index in [-0.39, 0.29) is 18.1 Å². The molecule has 0 aliphatic heterocycles. The van der Waals surface area contributed by atoms with E-state index in [4.69, 9.17) is 37.4 Å². The summed E-state index contributed by atoms with van der Waals surface area (Å²) in [6, 6.07) is 18.1. The van der Waals surface area contributed by atoms with E-state index in [0.29, 0.717) is 51.3 Å². The molecule has 0 unspecified atom stereocenters. The molecule has 0 saturated heterocycles. The number of thioether (sulfide) groups is 1. The molecule has 3 aromatic carbocycles. The van der Waals surface area contributed by atoms with Crippen molar-refractivity contribution >= 4 is 35.0 Å². The van der Waals surface area contributed by atoms with Crippen molar-refractivity contribution in [2.75, 3.05) is 19.8 Å². The zero-order chi connectivity index (χ0) is 28.6. The molecule has 0 amide bonds. The Hall–Kier alpha value is -3.47. The minimum Gasteiger partial charge on any atom is -0.494 e. The summed E-state index contributed by atoms with van der Waals surface area (Å²) in [6.45, 7) is 6.45. The van der Waals surface area contributed by atoms with Gasteiger partial charge in [-0.15, -0.1) is 10.2 Å². The summed E-state index contributed by atoms with van der Waals surface area (Å²) < 4.78 is 19.3. The highest BCUT2D eigenvalue weighted by atomic mass is 35.5. The van der Waals surface area contributed by atoms with Crippen LogP contribution in [0.2, 0.25) is 10.0 Å². The molecule has 40 heavy (non-hydrogen) atoms. The quantitative estimate of drug-likeness (QED) is 0.0887. The maximum atomic E-state index is 11.7. The van der Waals surface area contributed by atoms with Gasteiger partial charge in [0.05, 0.1) is 13.2 Å². The fourth-order valence-electron chi connectivity index (χ4n) is 3.95. The van der Waals surface area contributed by atoms with Gasteiger partial charge in [-0.1, -0.05) is 47.1 Å². The largest absolute Gasteiger partial charge is 0.494 e. The Labute approximate surface area is 246 Å². The fourth-order valence-corrected chi connectivity index (χ4v) is 5.58. The molecule has 0 fully saturated rings. The molecular formula is C28H28Cl2N4O5S. The number of ether oxygens (including phenoxy) is 3. The number of rotatable bonds is 13. The number of aryl methyl sites for hydroxylation is 1. The first-order chi connectivity index (χ1) is 19.3. The molecule has 0 N–H and O–H groups in total. The Kier molecular flexibility index (Phi) is 10.1. The van der Waals surface area contributed by atoms with Gasteiger partial charge in [0.25, 0.3) is 0 Å². The van der Waals surface area contributed by atoms with Crippen LogP contribution in [0.5, 0.6) is 17.2 Å². The number of halogens is 2. The molecule has 0 saturated carbocycles. The highest BCUT2D eigenvalue weighted by Crippen LogP contribution is 2.40. The number of aromatic nitrogens is 3. The summed E-state index contributed by atoms with van der Waals surface area (Å²) in [5, 5.41) is 21.2. The third-order valence-corrected chi connectivity index (χ3v) is 7.57. The molecule has 210 valence electrons. The van der Waals surface area contributed by atoms with Gasteiger partial charge in [-0.05, 0) is 74.9 Å². The average molecular weight is 604 g/mol. The van der Waals surface area contributed by atoms with E-state index in [2.05, 4.69) is 10.2 Å². The summed E-state index contributed by atoms with van der Waals surface area (Å²) in [6.07, 6.45) is 0. The van der Waals surface area contributed by atoms with Gasteiger partial charge in [0.2, 0.25) is 6.54 Å². The van der Waals surface area contributed by atoms with E-state index >= 15 is 0 Å². The normalized spacial score (nSPS) is 11.7. The summed E-state index contributed by atoms with van der Waals surface area (Å²) in [7, 11) is 0. The zero-order valence-electron chi connectivity index (χ0n) is 22.2. The first-order valence-corrected chi connectivity index (χ1v) is 14.2. The molecule has 4 aromatic rings. The highest BCUT2D eigenvalue weighted by molar-refractivity contribution is 7.99. The van der Waals surface area contributed by atoms with Gasteiger partial charge in [0.15, 0.2) is 16.7 Å². The van der Waals surface area contributed by atoms with Gasteiger partial charge in [0.1, 0.15) is 23.4 Å². The maximum Gasteiger partial charge on any atom is 0.220 e. The Balaban J connectivity index is 1.61. The lowest BCUT2D eigenvalue weighted by molar-refractivity contribution is -0.479. The van der Waals surface area contributed by atoms with E-state index in [1.165, 1.54) is 11.8 Å². The Morgan fingerprint density at radius 2 is 1.70 bits per heavy atom. The minimum absolute atomic E-state index is 0.201. The fraction of sp³-hybridized carbons (Fsp3) is 0.286. The second kappa shape index (κ2) is 13.7. The first kappa shape index (κ1) is 29.5. The van der Waals surface area contributed by atoms with Crippen molar-refractivity contribution in [3.63, 3.8) is 0 Å². The number of hydrogen-bond donors (Lipinski definition) is 0. The van der Waals surface area contributed by atoms with Crippen LogP contribution < -0.4 is 14.2 Å². The monoisotopic (exact) mass is 602 g/mol. The van der Waals surface area contributed by atoms with Crippen molar-refractivity contribution in [1.29, 1.82) is 0 Å². The Morgan fingerprint density at radius 3 is 2.38 bits per heavy atom. The molecule has 0 aliphatic rings. The van der Waals surface area contributed by atoms with Crippen LogP contribution in [0.15, 0.2) is 65.8 Å². The Morgan fingerprint density at radius 1 is 0.950 bits per heavy atom. The molecule has 0 spiro atoms. The lowest BCUT2D eigenvalue weighted by Gasteiger charge is -2.18. The van der Waals surface area contributed by atoms with Crippen LogP contribution in [0.1, 0.15) is 36.0 Å². The van der Waals surface area contributed by atoms with Gasteiger partial charge in [-0.2, -0.15) is 0 Å². The van der Waals surface area contributed by atoms with Gasteiger partial charge in [0, 0.05) is 26.2 Å². The topological polar surface area (TPSA) is 102 Å². The average Bonchev–Trinajstić information content (AvgIpc) is 3.28. The van der Waals surface area contributed by atoms with E-state index < -0.39 is 5.25 Å². The molecule has 9 nitrogen and oxygen atoms in total. The lowest BCUT2D eigenvalue weighted by Crippen LogP contribution is -2.12. The predicted octanol–water partition coefficient (Wildman–Crippen LogP) is 7.37. The first-order valence-electron chi connectivity index (χ1n) is 12.6. The number of benzene rings is 3. The molecule has 1 aromatic heterocycles. The van der Waals surface area contributed by atoms with Crippen molar-refractivity contribution in [2.45, 2.75) is 37.8 Å². The van der Waals surface area contributed by atoms with Crippen LogP contribution in [0.25, 0.3) is 5.69 Å². The van der Waals surface area contributed by atoms with Gasteiger partial charge in [-0.25, -0.2) is 0 Å². The molecule has 0 bridgehead atoms. The van der Waals surface area contributed by atoms with Crippen LogP contribution in [0.3, 0.4) is 0 Å². The van der Waals surface area contributed by atoms with Gasteiger partial charge < -0.3 is 14.2 Å². The van der Waals surface area contributed by atoms with Crippen molar-refractivity contribution in [2.24, 2.45) is 0 Å². The molecule has 12 heteroatoms. The minimum atomic E-state index is -0.570. The van der Waals surface area contributed by atoms with E-state index in [0.717, 1.165) is 17.0 Å². The van der Waals surface area contributed by atoms with Crippen molar-refractivity contribution in [1.82, 2.24) is 14.8 Å². The van der Waals surface area contributed by atoms with E-state index in [1.807, 2.05) is 49.6 Å². The van der Waals surface area contributed by atoms with E-state index in [9.17, 15) is 10.1 Å². The predicted molar refractivity (Wildman–Crippen MR) is 156 cm³/mol. The lowest BCUT2D eigenvalue weighted by atomic mass is 10.1. The third kappa shape index (κ3) is 7.38. The molecular weight excluding hydrogens is 575 g/mol. The molecule has 1 atom stereocenters. The standard InChI is InChI=1S/C28H28Cl2N4O5S/c1-4-37-23-11-9-22(10-12-23)34-18(3)31-32-28(34)40-27(16-33(35)36)19-7-13-25(26(14-19)38-5-2)39-17-20-6-8-21(29)15-24(20)30/h6-15,27H,4-5,16-17H2,1-3H3/t27-/m1/s1. The smallest absolute Gasteiger partial charge is 0.220 e. The molecule has 0 aliphatic carbocycles. The van der Waals surface area contributed by atoms with Crippen LogP contribution in [-0.4, -0.2) is 39.4 Å². The van der Waals surface area contributed by atoms with Crippen molar-refractivity contribution in [3.05, 3.63) is 97.8 Å². The molecule has 0 radical (unpaired) electrons. The van der Waals surface area contributed by atoms with Crippen LogP contribution in [0.4, 0.5) is 0 Å². The number of nitro groups is 1. The summed E-state index contributed by atoms with van der Waals surface area (Å²) in [5.74, 6) is 2.38. The molecule has 4 rings (SSSR count). The third-order valence-electron chi connectivity index (χ3n) is 5.80. The van der Waals surface area contributed by atoms with Gasteiger partial charge in [-0.3, -0.25) is 14.7 Å². The maximum absolute atomic E-state index is 11.7. The van der Waals surface area contributed by atoms with Crippen LogP contribution >= 0.6 is 35.0 Å². The van der Waals surface area contributed by atoms with Crippen molar-refractivity contribution < 1.29 is 19.1 Å². The number of hydrogen-bond acceptors (Lipinski definition) is 8. The van der Waals surface area contributed by atoms with Crippen molar-refractivity contribution in [3.8, 4) is 22.9 Å². The second-order valence-electron chi connectivity index (χ2n) is 8.58. The summed E-state index contributed by atoms with van der Waals surface area (Å²) in [4.78, 5) is 11.3. The van der Waals surface area contributed by atoms with Crippen LogP contribution in [0, 0.1) is 17.0 Å². The second-order valence-corrected chi connectivity index (χ2v) is 10.6. The summed E-state index contributed by atoms with van der Waals surface area (Å²) >= 11 is 13.5. The zero-order valence-corrected chi connectivity index (χ0v) is 24.5. The van der Waals surface area contributed by atoms with Gasteiger partial charge >= 0.3 is 0 Å². The number of nitrogens with zero attached hydrogens (tertiary/aromatic N) is 4. The highest BCUT2D eigenvalue weighted by Gasteiger charge is 2.25. The van der Waals surface area contributed by atoms with Crippen LogP contribution in [-0.2, 0) is 6.61 Å².